The second-order valence-corrected chi connectivity index (χ2v) is 8.78. The molecule has 0 spiro atoms. The number of benzene rings is 1. The number of nitrogens with two attached hydrogens (primary N) is 1. The Labute approximate surface area is 194 Å². The number of rotatable bonds is 6. The minimum absolute atomic E-state index is 0.109. The highest BCUT2D eigenvalue weighted by atomic mass is 16.6. The molecule has 1 aromatic heterocycles. The molecule has 0 saturated carbocycles. The number of nitrogen functional groups attached to an aromatic ring is 1. The van der Waals surface area contributed by atoms with Crippen LogP contribution in [-0.2, 0) is 18.8 Å². The Balaban J connectivity index is 1.82. The Hall–Kier alpha value is -3.96. The molecule has 2 N–H and O–H groups in total. The first-order chi connectivity index (χ1) is 15.9. The van der Waals surface area contributed by atoms with E-state index in [9.17, 15) is 29.3 Å². The van der Waals surface area contributed by atoms with Gasteiger partial charge in [-0.05, 0) is 30.4 Å². The van der Waals surface area contributed by atoms with E-state index in [0.717, 1.165) is 21.6 Å². The molecule has 0 bridgehead atoms. The number of nitrogens with zero attached hydrogens (tertiary/aromatic N) is 4. The summed E-state index contributed by atoms with van der Waals surface area (Å²) in [5.41, 5.74) is 3.71. The number of ether oxygens (including phenoxy) is 1. The SMILES string of the molecule is CC1CC(C)CN(c2ccc(C(=O)OCC(=O)c3c(N)n(C)c(=O)n(C)c3=O)cc2[N+](=O)[O-])C1. The third kappa shape index (κ3) is 4.70. The lowest BCUT2D eigenvalue weighted by Crippen LogP contribution is -2.42. The van der Waals surface area contributed by atoms with Crippen LogP contribution in [0.3, 0.4) is 0 Å². The Kier molecular flexibility index (Phi) is 6.89. The summed E-state index contributed by atoms with van der Waals surface area (Å²) in [6.45, 7) is 4.68. The first kappa shape index (κ1) is 24.7. The molecule has 0 amide bonds. The quantitative estimate of drug-likeness (QED) is 0.280. The van der Waals surface area contributed by atoms with Crippen molar-refractivity contribution < 1.29 is 19.2 Å². The summed E-state index contributed by atoms with van der Waals surface area (Å²) in [7, 11) is 2.49. The summed E-state index contributed by atoms with van der Waals surface area (Å²) in [5, 5.41) is 11.7. The van der Waals surface area contributed by atoms with Crippen molar-refractivity contribution in [2.75, 3.05) is 30.3 Å². The molecule has 12 nitrogen and oxygen atoms in total. The van der Waals surface area contributed by atoms with Gasteiger partial charge in [-0.3, -0.25) is 28.8 Å². The van der Waals surface area contributed by atoms with Crippen LogP contribution in [0.4, 0.5) is 17.2 Å². The van der Waals surface area contributed by atoms with Crippen LogP contribution in [0.2, 0.25) is 0 Å². The van der Waals surface area contributed by atoms with Crippen molar-refractivity contribution in [2.45, 2.75) is 20.3 Å². The highest BCUT2D eigenvalue weighted by molar-refractivity contribution is 6.02. The van der Waals surface area contributed by atoms with Gasteiger partial charge in [-0.2, -0.15) is 0 Å². The number of carbonyl (C=O) groups excluding carboxylic acids is 2. The van der Waals surface area contributed by atoms with Crippen LogP contribution in [0.1, 0.15) is 41.0 Å². The van der Waals surface area contributed by atoms with E-state index in [4.69, 9.17) is 10.5 Å². The predicted octanol–water partition coefficient (Wildman–Crippen LogP) is 1.10. The topological polar surface area (TPSA) is 160 Å². The standard InChI is InChI=1S/C22H27N5O7/c1-12-7-13(2)10-26(9-12)15-6-5-14(8-16(15)27(32)33)21(30)34-11-17(28)18-19(23)24(3)22(31)25(4)20(18)29/h5-6,8,12-13H,7,9-11,23H2,1-4H3. The van der Waals surface area contributed by atoms with E-state index in [0.29, 0.717) is 30.6 Å². The van der Waals surface area contributed by atoms with Gasteiger partial charge in [0.25, 0.3) is 11.2 Å². The first-order valence-electron chi connectivity index (χ1n) is 10.7. The zero-order chi connectivity index (χ0) is 25.3. The Morgan fingerprint density at radius 2 is 1.76 bits per heavy atom. The minimum atomic E-state index is -0.969. The van der Waals surface area contributed by atoms with Gasteiger partial charge >= 0.3 is 11.7 Å². The number of aromatic nitrogens is 2. The van der Waals surface area contributed by atoms with E-state index in [1.54, 1.807) is 0 Å². The molecule has 2 unspecified atom stereocenters. The molecule has 12 heteroatoms. The molecule has 0 aliphatic carbocycles. The molecule has 1 aliphatic rings. The van der Waals surface area contributed by atoms with E-state index in [2.05, 4.69) is 13.8 Å². The fraction of sp³-hybridized carbons (Fsp3) is 0.455. The minimum Gasteiger partial charge on any atom is -0.454 e. The second-order valence-electron chi connectivity index (χ2n) is 8.78. The van der Waals surface area contributed by atoms with Crippen LogP contribution >= 0.6 is 0 Å². The van der Waals surface area contributed by atoms with Gasteiger partial charge in [0.05, 0.1) is 10.5 Å². The van der Waals surface area contributed by atoms with Gasteiger partial charge in [-0.1, -0.05) is 13.8 Å². The van der Waals surface area contributed by atoms with Crippen LogP contribution in [0, 0.1) is 22.0 Å². The summed E-state index contributed by atoms with van der Waals surface area (Å²) in [6, 6.07) is 4.02. The molecule has 182 valence electrons. The normalized spacial score (nSPS) is 17.9. The molecule has 1 fully saturated rings. The molecule has 1 aliphatic heterocycles. The van der Waals surface area contributed by atoms with Gasteiger partial charge in [0.2, 0.25) is 5.78 Å². The maximum atomic E-state index is 12.5. The van der Waals surface area contributed by atoms with Crippen LogP contribution in [0.15, 0.2) is 27.8 Å². The monoisotopic (exact) mass is 473 g/mol. The summed E-state index contributed by atoms with van der Waals surface area (Å²) < 4.78 is 6.65. The highest BCUT2D eigenvalue weighted by Crippen LogP contribution is 2.34. The van der Waals surface area contributed by atoms with Crippen molar-refractivity contribution >= 4 is 28.9 Å². The van der Waals surface area contributed by atoms with Crippen LogP contribution in [0.5, 0.6) is 0 Å². The van der Waals surface area contributed by atoms with Crippen molar-refractivity contribution in [2.24, 2.45) is 25.9 Å². The Morgan fingerprint density at radius 3 is 2.35 bits per heavy atom. The number of esters is 1. The third-order valence-electron chi connectivity index (χ3n) is 5.94. The summed E-state index contributed by atoms with van der Waals surface area (Å²) in [5.74, 6) is -1.47. The molecule has 0 radical (unpaired) electrons. The van der Waals surface area contributed by atoms with Crippen molar-refractivity contribution in [3.8, 4) is 0 Å². The lowest BCUT2D eigenvalue weighted by Gasteiger charge is -2.36. The summed E-state index contributed by atoms with van der Waals surface area (Å²) in [6.07, 6.45) is 1.03. The van der Waals surface area contributed by atoms with Gasteiger partial charge in [-0.15, -0.1) is 0 Å². The maximum Gasteiger partial charge on any atom is 0.338 e. The molecule has 1 aromatic carbocycles. The van der Waals surface area contributed by atoms with Gasteiger partial charge in [0.1, 0.15) is 17.1 Å². The highest BCUT2D eigenvalue weighted by Gasteiger charge is 2.28. The number of anilines is 2. The number of nitro benzene ring substituents is 1. The number of carbonyl (C=O) groups is 2. The van der Waals surface area contributed by atoms with Crippen molar-refractivity contribution in [1.82, 2.24) is 9.13 Å². The molecule has 1 saturated heterocycles. The first-order valence-corrected chi connectivity index (χ1v) is 10.7. The molecule has 34 heavy (non-hydrogen) atoms. The zero-order valence-corrected chi connectivity index (χ0v) is 19.4. The lowest BCUT2D eigenvalue weighted by atomic mass is 9.91. The van der Waals surface area contributed by atoms with E-state index in [1.807, 2.05) is 4.90 Å². The predicted molar refractivity (Wildman–Crippen MR) is 124 cm³/mol. The number of ketones is 1. The van der Waals surface area contributed by atoms with Gasteiger partial charge < -0.3 is 15.4 Å². The molecular weight excluding hydrogens is 446 g/mol. The van der Waals surface area contributed by atoms with Crippen LogP contribution < -0.4 is 21.9 Å². The average Bonchev–Trinajstić information content (AvgIpc) is 2.79. The largest absolute Gasteiger partial charge is 0.454 e. The molecular formula is C22H27N5O7. The number of hydrogen-bond acceptors (Lipinski definition) is 9. The van der Waals surface area contributed by atoms with Crippen molar-refractivity contribution in [1.29, 1.82) is 0 Å². The van der Waals surface area contributed by atoms with E-state index >= 15 is 0 Å². The molecule has 2 heterocycles. The Morgan fingerprint density at radius 1 is 1.15 bits per heavy atom. The second kappa shape index (κ2) is 9.49. The van der Waals surface area contributed by atoms with E-state index < -0.39 is 40.1 Å². The summed E-state index contributed by atoms with van der Waals surface area (Å²) >= 11 is 0. The van der Waals surface area contributed by atoms with Gasteiger partial charge in [0, 0.05) is 33.3 Å². The van der Waals surface area contributed by atoms with Crippen LogP contribution in [-0.4, -0.2) is 45.5 Å². The smallest absolute Gasteiger partial charge is 0.338 e. The zero-order valence-electron chi connectivity index (χ0n) is 19.4. The molecule has 2 atom stereocenters. The number of nitro groups is 1. The van der Waals surface area contributed by atoms with E-state index in [-0.39, 0.29) is 17.1 Å². The van der Waals surface area contributed by atoms with Crippen molar-refractivity contribution in [3.05, 3.63) is 60.3 Å². The third-order valence-corrected chi connectivity index (χ3v) is 5.94. The van der Waals surface area contributed by atoms with Gasteiger partial charge in [-0.25, -0.2) is 9.59 Å². The fourth-order valence-electron chi connectivity index (χ4n) is 4.33. The molecule has 2 aromatic rings. The molecule has 3 rings (SSSR count). The van der Waals surface area contributed by atoms with Crippen LogP contribution in [0.25, 0.3) is 0 Å². The number of hydrogen-bond donors (Lipinski definition) is 1. The van der Waals surface area contributed by atoms with E-state index in [1.165, 1.54) is 26.2 Å². The Bertz CT molecular complexity index is 1270. The number of Topliss-reactive ketones (excluding diaryl/α,β-unsaturated/α-hetero) is 1. The summed E-state index contributed by atoms with van der Waals surface area (Å²) in [4.78, 5) is 62.3. The average molecular weight is 473 g/mol. The maximum absolute atomic E-state index is 12.5. The fourth-order valence-corrected chi connectivity index (χ4v) is 4.33. The van der Waals surface area contributed by atoms with Crippen molar-refractivity contribution in [3.63, 3.8) is 0 Å². The lowest BCUT2D eigenvalue weighted by molar-refractivity contribution is -0.384. The van der Waals surface area contributed by atoms with Gasteiger partial charge in [0.15, 0.2) is 6.61 Å². The number of piperidine rings is 1.